The Morgan fingerprint density at radius 3 is 1.96 bits per heavy atom. The van der Waals surface area contributed by atoms with Gasteiger partial charge in [0, 0.05) is 6.92 Å². The number of benzene rings is 2. The number of hydrogen-bond donors (Lipinski definition) is 1. The minimum absolute atomic E-state index is 0.162. The second-order valence-electron chi connectivity index (χ2n) is 6.94. The molecule has 0 saturated carbocycles. The van der Waals surface area contributed by atoms with Crippen molar-refractivity contribution in [1.82, 2.24) is 5.32 Å². The fraction of sp³-hybridized carbons (Fsp3) is 0.409. The number of carbonyl (C=O) groups is 1. The Morgan fingerprint density at radius 1 is 0.964 bits per heavy atom. The molecule has 1 saturated heterocycles. The Labute approximate surface area is 170 Å². The van der Waals surface area contributed by atoms with Gasteiger partial charge in [0.25, 0.3) is 0 Å². The van der Waals surface area contributed by atoms with Crippen LogP contribution in [0.25, 0.3) is 0 Å². The zero-order valence-corrected chi connectivity index (χ0v) is 16.8. The van der Waals surface area contributed by atoms with E-state index >= 15 is 0 Å². The molecule has 0 unspecified atom stereocenters. The van der Waals surface area contributed by atoms with E-state index in [4.69, 9.17) is 25.8 Å². The standard InChI is InChI=1S/C22H26ClNO4/c1-15-20(26-13-17-9-5-3-6-10-17)19(24-16(2)25)21(22(23)28-15)27-14-18-11-7-4-8-12-18/h3-12,15,19-22H,13-14H2,1-2H3,(H,24,25)/t15-,19-,20-,21-,22+/m1/s1. The number of halogens is 1. The highest BCUT2D eigenvalue weighted by Gasteiger charge is 2.45. The summed E-state index contributed by atoms with van der Waals surface area (Å²) in [7, 11) is 0. The maximum atomic E-state index is 11.9. The molecule has 150 valence electrons. The fourth-order valence-corrected chi connectivity index (χ4v) is 3.74. The Hall–Kier alpha value is -1.92. The van der Waals surface area contributed by atoms with Crippen LogP contribution in [0, 0.1) is 0 Å². The molecule has 28 heavy (non-hydrogen) atoms. The van der Waals surface area contributed by atoms with E-state index in [1.54, 1.807) is 0 Å². The molecule has 1 aliphatic heterocycles. The summed E-state index contributed by atoms with van der Waals surface area (Å²) in [6.45, 7) is 4.15. The van der Waals surface area contributed by atoms with Gasteiger partial charge < -0.3 is 19.5 Å². The normalized spacial score (nSPS) is 27.3. The van der Waals surface area contributed by atoms with Crippen LogP contribution >= 0.6 is 11.6 Å². The number of amides is 1. The van der Waals surface area contributed by atoms with Gasteiger partial charge in [-0.25, -0.2) is 0 Å². The Balaban J connectivity index is 1.73. The number of alkyl halides is 1. The summed E-state index contributed by atoms with van der Waals surface area (Å²) in [4.78, 5) is 11.9. The van der Waals surface area contributed by atoms with Crippen LogP contribution in [0.4, 0.5) is 0 Å². The van der Waals surface area contributed by atoms with Gasteiger partial charge in [0.1, 0.15) is 12.2 Å². The van der Waals surface area contributed by atoms with Gasteiger partial charge >= 0.3 is 0 Å². The molecule has 5 atom stereocenters. The number of hydrogen-bond acceptors (Lipinski definition) is 4. The highest BCUT2D eigenvalue weighted by Crippen LogP contribution is 2.29. The van der Waals surface area contributed by atoms with Crippen molar-refractivity contribution < 1.29 is 19.0 Å². The molecule has 1 aliphatic rings. The summed E-state index contributed by atoms with van der Waals surface area (Å²) in [6.07, 6.45) is -1.22. The van der Waals surface area contributed by atoms with E-state index in [1.807, 2.05) is 67.6 Å². The van der Waals surface area contributed by atoms with Crippen LogP contribution in [0.5, 0.6) is 0 Å². The minimum atomic E-state index is -0.688. The molecular weight excluding hydrogens is 378 g/mol. The molecule has 3 rings (SSSR count). The molecular formula is C22H26ClNO4. The molecule has 1 N–H and O–H groups in total. The first kappa shape index (κ1) is 20.8. The van der Waals surface area contributed by atoms with Crippen molar-refractivity contribution in [1.29, 1.82) is 0 Å². The fourth-order valence-electron chi connectivity index (χ4n) is 3.35. The van der Waals surface area contributed by atoms with Crippen molar-refractivity contribution in [2.24, 2.45) is 0 Å². The lowest BCUT2D eigenvalue weighted by Gasteiger charge is -2.43. The molecule has 1 fully saturated rings. The first-order valence-corrected chi connectivity index (χ1v) is 9.86. The Morgan fingerprint density at radius 2 is 1.46 bits per heavy atom. The second-order valence-corrected chi connectivity index (χ2v) is 7.37. The van der Waals surface area contributed by atoms with Gasteiger partial charge in [-0.2, -0.15) is 0 Å². The average molecular weight is 404 g/mol. The van der Waals surface area contributed by atoms with E-state index in [1.165, 1.54) is 6.92 Å². The highest BCUT2D eigenvalue weighted by molar-refractivity contribution is 6.20. The molecule has 6 heteroatoms. The molecule has 0 aromatic heterocycles. The van der Waals surface area contributed by atoms with E-state index in [0.717, 1.165) is 11.1 Å². The summed E-state index contributed by atoms with van der Waals surface area (Å²) < 4.78 is 18.1. The van der Waals surface area contributed by atoms with Crippen LogP contribution in [0.15, 0.2) is 60.7 Å². The molecule has 0 radical (unpaired) electrons. The molecule has 5 nitrogen and oxygen atoms in total. The number of nitrogens with one attached hydrogen (secondary N) is 1. The third kappa shape index (κ3) is 5.55. The maximum absolute atomic E-state index is 11.9. The predicted molar refractivity (Wildman–Crippen MR) is 108 cm³/mol. The first-order valence-electron chi connectivity index (χ1n) is 9.42. The lowest BCUT2D eigenvalue weighted by molar-refractivity contribution is -0.191. The molecule has 0 aliphatic carbocycles. The third-order valence-electron chi connectivity index (χ3n) is 4.71. The van der Waals surface area contributed by atoms with Gasteiger partial charge in [-0.15, -0.1) is 0 Å². The van der Waals surface area contributed by atoms with Crippen molar-refractivity contribution in [2.45, 2.75) is 57.0 Å². The minimum Gasteiger partial charge on any atom is -0.369 e. The lowest BCUT2D eigenvalue weighted by atomic mass is 9.97. The summed E-state index contributed by atoms with van der Waals surface area (Å²) in [5.74, 6) is -0.162. The van der Waals surface area contributed by atoms with E-state index < -0.39 is 17.7 Å². The second kappa shape index (κ2) is 10.0. The van der Waals surface area contributed by atoms with E-state index in [-0.39, 0.29) is 18.1 Å². The Kier molecular flexibility index (Phi) is 7.45. The van der Waals surface area contributed by atoms with Gasteiger partial charge in [-0.1, -0.05) is 72.3 Å². The topological polar surface area (TPSA) is 56.8 Å². The number of carbonyl (C=O) groups excluding carboxylic acids is 1. The van der Waals surface area contributed by atoms with Crippen LogP contribution in [-0.4, -0.2) is 35.8 Å². The van der Waals surface area contributed by atoms with Gasteiger partial charge in [0.05, 0.1) is 25.4 Å². The van der Waals surface area contributed by atoms with Gasteiger partial charge in [0.2, 0.25) is 5.91 Å². The summed E-state index contributed by atoms with van der Waals surface area (Å²) in [6, 6.07) is 19.3. The maximum Gasteiger partial charge on any atom is 0.217 e. The van der Waals surface area contributed by atoms with Crippen LogP contribution in [-0.2, 0) is 32.2 Å². The SMILES string of the molecule is CC(=O)N[C@H]1[C@@H](OCc2ccccc2)[C@@H](Cl)O[C@H](C)[C@H]1OCc1ccccc1. The number of ether oxygens (including phenoxy) is 3. The summed E-state index contributed by atoms with van der Waals surface area (Å²) in [5, 5.41) is 2.96. The molecule has 2 aromatic rings. The molecule has 0 spiro atoms. The number of rotatable bonds is 7. The van der Waals surface area contributed by atoms with Crippen LogP contribution in [0.1, 0.15) is 25.0 Å². The van der Waals surface area contributed by atoms with E-state index in [2.05, 4.69) is 5.32 Å². The average Bonchev–Trinajstić information content (AvgIpc) is 2.68. The molecule has 1 amide bonds. The quantitative estimate of drug-likeness (QED) is 0.717. The first-order chi connectivity index (χ1) is 13.5. The van der Waals surface area contributed by atoms with Crippen LogP contribution < -0.4 is 5.32 Å². The van der Waals surface area contributed by atoms with Crippen LogP contribution in [0.2, 0.25) is 0 Å². The van der Waals surface area contributed by atoms with Gasteiger partial charge in [-0.3, -0.25) is 4.79 Å². The summed E-state index contributed by atoms with van der Waals surface area (Å²) in [5.41, 5.74) is 1.38. The Bertz CT molecular complexity index is 687. The molecule has 2 aromatic carbocycles. The third-order valence-corrected chi connectivity index (χ3v) is 5.07. The molecule has 0 bridgehead atoms. The van der Waals surface area contributed by atoms with E-state index in [9.17, 15) is 4.79 Å². The van der Waals surface area contributed by atoms with Crippen molar-refractivity contribution in [3.8, 4) is 0 Å². The van der Waals surface area contributed by atoms with Crippen molar-refractivity contribution in [3.63, 3.8) is 0 Å². The monoisotopic (exact) mass is 403 g/mol. The van der Waals surface area contributed by atoms with Crippen molar-refractivity contribution >= 4 is 17.5 Å². The predicted octanol–water partition coefficient (Wildman–Crippen LogP) is 3.65. The largest absolute Gasteiger partial charge is 0.369 e. The zero-order valence-electron chi connectivity index (χ0n) is 16.1. The van der Waals surface area contributed by atoms with Gasteiger partial charge in [-0.05, 0) is 18.1 Å². The highest BCUT2D eigenvalue weighted by atomic mass is 35.5. The van der Waals surface area contributed by atoms with E-state index in [0.29, 0.717) is 13.2 Å². The lowest BCUT2D eigenvalue weighted by Crippen LogP contribution is -2.63. The van der Waals surface area contributed by atoms with Crippen molar-refractivity contribution in [2.75, 3.05) is 0 Å². The van der Waals surface area contributed by atoms with Crippen molar-refractivity contribution in [3.05, 3.63) is 71.8 Å². The van der Waals surface area contributed by atoms with Gasteiger partial charge in [0.15, 0.2) is 5.56 Å². The molecule has 1 heterocycles. The van der Waals surface area contributed by atoms with Crippen LogP contribution in [0.3, 0.4) is 0 Å². The smallest absolute Gasteiger partial charge is 0.217 e. The zero-order chi connectivity index (χ0) is 19.9. The summed E-state index contributed by atoms with van der Waals surface area (Å²) >= 11 is 6.45.